The fourth-order valence-corrected chi connectivity index (χ4v) is 5.79. The number of aromatic amines is 1. The first-order chi connectivity index (χ1) is 18.0. The lowest BCUT2D eigenvalue weighted by atomic mass is 10.0. The highest BCUT2D eigenvalue weighted by atomic mass is 31.2. The Morgan fingerprint density at radius 3 is 2.32 bits per heavy atom. The van der Waals surface area contributed by atoms with Crippen molar-refractivity contribution < 1.29 is 18.7 Å². The van der Waals surface area contributed by atoms with Gasteiger partial charge in [-0.2, -0.15) is 0 Å². The molecule has 4 rings (SSSR count). The molecule has 7 nitrogen and oxygen atoms in total. The predicted molar refractivity (Wildman–Crippen MR) is 151 cm³/mol. The molecule has 194 valence electrons. The maximum atomic E-state index is 13.5. The Bertz CT molecular complexity index is 1390. The van der Waals surface area contributed by atoms with E-state index in [1.165, 1.54) is 5.56 Å². The number of fused-ring (bicyclic) bond motifs is 1. The summed E-state index contributed by atoms with van der Waals surface area (Å²) in [7, 11) is -3.51. The Morgan fingerprint density at radius 1 is 0.973 bits per heavy atom. The molecule has 0 amide bonds. The third kappa shape index (κ3) is 6.20. The van der Waals surface area contributed by atoms with Gasteiger partial charge in [-0.1, -0.05) is 49.4 Å². The number of hydrogen-bond donors (Lipinski definition) is 3. The van der Waals surface area contributed by atoms with Crippen LogP contribution in [0.25, 0.3) is 10.9 Å². The molecule has 0 saturated heterocycles. The molecule has 0 aliphatic heterocycles. The Labute approximate surface area is 218 Å². The number of aromatic hydroxyl groups is 1. The third-order valence-corrected chi connectivity index (χ3v) is 8.00. The highest BCUT2D eigenvalue weighted by Gasteiger charge is 2.28. The second-order valence-electron chi connectivity index (χ2n) is 8.58. The van der Waals surface area contributed by atoms with Crippen LogP contribution in [0.15, 0.2) is 77.8 Å². The SMILES string of the molecule is CCCNCc1ccc(N=C(c2ccccc2)c2c(O)[nH]c3ccc(P(=O)(OCC)OCC)cc23)cc1. The van der Waals surface area contributed by atoms with Gasteiger partial charge in [-0.15, -0.1) is 0 Å². The first-order valence-electron chi connectivity index (χ1n) is 12.7. The molecule has 1 heterocycles. The number of nitrogens with one attached hydrogen (secondary N) is 2. The average molecular weight is 520 g/mol. The summed E-state index contributed by atoms with van der Waals surface area (Å²) in [5.41, 5.74) is 4.60. The summed E-state index contributed by atoms with van der Waals surface area (Å²) in [6, 6.07) is 23.0. The van der Waals surface area contributed by atoms with Gasteiger partial charge in [0.25, 0.3) is 0 Å². The fourth-order valence-electron chi connectivity index (χ4n) is 4.19. The van der Waals surface area contributed by atoms with Crippen molar-refractivity contribution in [1.82, 2.24) is 10.3 Å². The molecule has 37 heavy (non-hydrogen) atoms. The Morgan fingerprint density at radius 2 is 1.68 bits per heavy atom. The van der Waals surface area contributed by atoms with Crippen LogP contribution in [-0.2, 0) is 20.2 Å². The molecule has 3 aromatic carbocycles. The van der Waals surface area contributed by atoms with Gasteiger partial charge < -0.3 is 24.5 Å². The minimum atomic E-state index is -3.51. The van der Waals surface area contributed by atoms with Crippen molar-refractivity contribution in [3.8, 4) is 5.88 Å². The van der Waals surface area contributed by atoms with Crippen molar-refractivity contribution in [1.29, 1.82) is 0 Å². The number of aromatic nitrogens is 1. The Hall–Kier alpha value is -3.22. The molecule has 0 bridgehead atoms. The lowest BCUT2D eigenvalue weighted by molar-refractivity contribution is 0.230. The molecule has 0 aliphatic rings. The third-order valence-electron chi connectivity index (χ3n) is 5.89. The highest BCUT2D eigenvalue weighted by Crippen LogP contribution is 2.47. The van der Waals surface area contributed by atoms with Gasteiger partial charge in [-0.25, -0.2) is 4.99 Å². The standard InChI is InChI=1S/C29H34N3O4P/c1-4-18-30-20-21-12-14-23(15-13-21)31-28(22-10-8-7-9-11-22)27-25-19-24(16-17-26(25)32-29(27)33)37(34,35-5-2)36-6-3/h7-17,19,30,32-33H,4-6,18,20H2,1-3H3. The molecule has 4 aromatic rings. The van der Waals surface area contributed by atoms with Crippen LogP contribution in [0, 0.1) is 0 Å². The second-order valence-corrected chi connectivity index (χ2v) is 10.6. The van der Waals surface area contributed by atoms with E-state index in [4.69, 9.17) is 14.0 Å². The van der Waals surface area contributed by atoms with Gasteiger partial charge >= 0.3 is 7.60 Å². The van der Waals surface area contributed by atoms with Crippen LogP contribution in [0.3, 0.4) is 0 Å². The number of aliphatic imine (C=N–C) groups is 1. The maximum Gasteiger partial charge on any atom is 0.361 e. The minimum Gasteiger partial charge on any atom is -0.494 e. The highest BCUT2D eigenvalue weighted by molar-refractivity contribution is 7.62. The number of hydrogen-bond acceptors (Lipinski definition) is 6. The van der Waals surface area contributed by atoms with Crippen LogP contribution in [0.1, 0.15) is 43.9 Å². The predicted octanol–water partition coefficient (Wildman–Crippen LogP) is 6.43. The van der Waals surface area contributed by atoms with E-state index in [1.807, 2.05) is 42.5 Å². The van der Waals surface area contributed by atoms with Crippen molar-refractivity contribution in [3.63, 3.8) is 0 Å². The quantitative estimate of drug-likeness (QED) is 0.114. The number of benzene rings is 3. The second kappa shape index (κ2) is 12.3. The topological polar surface area (TPSA) is 95.9 Å². The molecular weight excluding hydrogens is 485 g/mol. The molecule has 0 radical (unpaired) electrons. The molecule has 3 N–H and O–H groups in total. The van der Waals surface area contributed by atoms with E-state index in [0.29, 0.717) is 27.5 Å². The van der Waals surface area contributed by atoms with E-state index in [2.05, 4.69) is 29.4 Å². The lowest BCUT2D eigenvalue weighted by Gasteiger charge is -2.17. The largest absolute Gasteiger partial charge is 0.494 e. The molecule has 0 unspecified atom stereocenters. The zero-order valence-electron chi connectivity index (χ0n) is 21.5. The Balaban J connectivity index is 1.83. The molecule has 0 spiro atoms. The molecule has 0 saturated carbocycles. The van der Waals surface area contributed by atoms with Crippen LogP contribution < -0.4 is 10.6 Å². The molecule has 0 fully saturated rings. The lowest BCUT2D eigenvalue weighted by Crippen LogP contribution is -2.13. The van der Waals surface area contributed by atoms with Crippen LogP contribution in [-0.4, -0.2) is 35.6 Å². The number of nitrogens with zero attached hydrogens (tertiary/aromatic N) is 1. The van der Waals surface area contributed by atoms with Gasteiger partial charge in [0.2, 0.25) is 0 Å². The zero-order valence-corrected chi connectivity index (χ0v) is 22.4. The summed E-state index contributed by atoms with van der Waals surface area (Å²) >= 11 is 0. The van der Waals surface area contributed by atoms with E-state index in [-0.39, 0.29) is 19.1 Å². The van der Waals surface area contributed by atoms with Crippen molar-refractivity contribution in [2.45, 2.75) is 33.7 Å². The van der Waals surface area contributed by atoms with E-state index >= 15 is 0 Å². The van der Waals surface area contributed by atoms with Gasteiger partial charge in [0.1, 0.15) is 0 Å². The van der Waals surface area contributed by atoms with Crippen LogP contribution in [0.2, 0.25) is 0 Å². The van der Waals surface area contributed by atoms with Crippen molar-refractivity contribution in [3.05, 3.63) is 89.5 Å². The van der Waals surface area contributed by atoms with E-state index in [9.17, 15) is 9.67 Å². The summed E-state index contributed by atoms with van der Waals surface area (Å²) in [6.07, 6.45) is 1.09. The monoisotopic (exact) mass is 519 g/mol. The molecule has 0 aliphatic carbocycles. The van der Waals surface area contributed by atoms with Crippen molar-refractivity contribution in [2.75, 3.05) is 19.8 Å². The maximum absolute atomic E-state index is 13.5. The summed E-state index contributed by atoms with van der Waals surface area (Å²) in [4.78, 5) is 8.01. The zero-order chi connectivity index (χ0) is 26.3. The van der Waals surface area contributed by atoms with Crippen molar-refractivity contribution in [2.24, 2.45) is 4.99 Å². The number of H-pyrrole nitrogens is 1. The summed E-state index contributed by atoms with van der Waals surface area (Å²) < 4.78 is 24.6. The van der Waals surface area contributed by atoms with E-state index < -0.39 is 7.60 Å². The van der Waals surface area contributed by atoms with Crippen molar-refractivity contribution >= 4 is 35.2 Å². The first-order valence-corrected chi connectivity index (χ1v) is 14.2. The van der Waals surface area contributed by atoms with E-state index in [1.54, 1.807) is 32.0 Å². The molecular formula is C29H34N3O4P. The average Bonchev–Trinajstić information content (AvgIpc) is 3.24. The minimum absolute atomic E-state index is 0.0159. The summed E-state index contributed by atoms with van der Waals surface area (Å²) in [5.74, 6) is -0.0159. The van der Waals surface area contributed by atoms with Gasteiger partial charge in [0.05, 0.1) is 35.5 Å². The van der Waals surface area contributed by atoms with Crippen LogP contribution >= 0.6 is 7.60 Å². The smallest absolute Gasteiger partial charge is 0.361 e. The molecule has 0 atom stereocenters. The molecule has 8 heteroatoms. The summed E-state index contributed by atoms with van der Waals surface area (Å²) in [5, 5.41) is 15.5. The first kappa shape index (κ1) is 26.8. The van der Waals surface area contributed by atoms with Gasteiger partial charge in [-0.05, 0) is 62.7 Å². The normalized spacial score (nSPS) is 12.4. The molecule has 1 aromatic heterocycles. The van der Waals surface area contributed by atoms with Crippen LogP contribution in [0.4, 0.5) is 5.69 Å². The van der Waals surface area contributed by atoms with E-state index in [0.717, 1.165) is 30.8 Å². The van der Waals surface area contributed by atoms with Gasteiger partial charge in [-0.3, -0.25) is 4.57 Å². The van der Waals surface area contributed by atoms with Gasteiger partial charge in [0, 0.05) is 23.0 Å². The van der Waals surface area contributed by atoms with Gasteiger partial charge in [0.15, 0.2) is 5.88 Å². The Kier molecular flexibility index (Phi) is 8.95. The van der Waals surface area contributed by atoms with Crippen LogP contribution in [0.5, 0.6) is 5.88 Å². The summed E-state index contributed by atoms with van der Waals surface area (Å²) in [6.45, 7) is 7.98. The number of rotatable bonds is 12. The fraction of sp³-hybridized carbons (Fsp3) is 0.276.